The van der Waals surface area contributed by atoms with E-state index in [2.05, 4.69) is 4.85 Å². The molecule has 1 unspecified atom stereocenters. The van der Waals surface area contributed by atoms with Crippen LogP contribution in [0.25, 0.3) is 4.85 Å². The Labute approximate surface area is 113 Å². The van der Waals surface area contributed by atoms with E-state index in [0.29, 0.717) is 32.7 Å². The number of morpholine rings is 1. The van der Waals surface area contributed by atoms with Crippen molar-refractivity contribution in [1.82, 2.24) is 4.90 Å². The van der Waals surface area contributed by atoms with Gasteiger partial charge in [0.15, 0.2) is 0 Å². The number of carbonyl (C=O) groups is 1. The highest BCUT2D eigenvalue weighted by atomic mass is 16.5. The lowest BCUT2D eigenvalue weighted by atomic mass is 10.0. The monoisotopic (exact) mass is 258 g/mol. The first-order valence-electron chi connectivity index (χ1n) is 6.49. The normalized spacial score (nSPS) is 16.7. The van der Waals surface area contributed by atoms with Gasteiger partial charge in [-0.1, -0.05) is 29.8 Å². The predicted molar refractivity (Wildman–Crippen MR) is 72.7 cm³/mol. The number of hydrogen-bond donors (Lipinski definition) is 0. The third kappa shape index (κ3) is 3.55. The van der Waals surface area contributed by atoms with Gasteiger partial charge < -0.3 is 14.5 Å². The van der Waals surface area contributed by atoms with Gasteiger partial charge in [-0.05, 0) is 12.5 Å². The SMILES string of the molecule is [C-]#[N+]C(Cc1ccc(C)cc1)C(=O)N1CCOCC1. The molecule has 1 heterocycles. The topological polar surface area (TPSA) is 33.9 Å². The summed E-state index contributed by atoms with van der Waals surface area (Å²) in [6.07, 6.45) is 0.486. The summed E-state index contributed by atoms with van der Waals surface area (Å²) in [7, 11) is 0. The summed E-state index contributed by atoms with van der Waals surface area (Å²) in [6.45, 7) is 11.6. The standard InChI is InChI=1S/C15H18N2O2/c1-12-3-5-13(6-4-12)11-14(16-2)15(18)17-7-9-19-10-8-17/h3-6,14H,7-11H2,1H3. The Morgan fingerprint density at radius 3 is 2.58 bits per heavy atom. The maximum Gasteiger partial charge on any atom is 0.306 e. The summed E-state index contributed by atoms with van der Waals surface area (Å²) in [5, 5.41) is 0. The van der Waals surface area contributed by atoms with Crippen LogP contribution in [0.5, 0.6) is 0 Å². The summed E-state index contributed by atoms with van der Waals surface area (Å²) in [5.41, 5.74) is 2.22. The smallest absolute Gasteiger partial charge is 0.306 e. The van der Waals surface area contributed by atoms with E-state index >= 15 is 0 Å². The van der Waals surface area contributed by atoms with E-state index < -0.39 is 6.04 Å². The minimum absolute atomic E-state index is 0.0705. The Morgan fingerprint density at radius 2 is 2.00 bits per heavy atom. The van der Waals surface area contributed by atoms with Crippen molar-refractivity contribution in [1.29, 1.82) is 0 Å². The molecule has 1 fully saturated rings. The number of hydrogen-bond acceptors (Lipinski definition) is 2. The van der Waals surface area contributed by atoms with Crippen LogP contribution < -0.4 is 0 Å². The number of amides is 1. The van der Waals surface area contributed by atoms with E-state index in [9.17, 15) is 4.79 Å². The molecule has 1 aliphatic heterocycles. The zero-order valence-electron chi connectivity index (χ0n) is 11.1. The fraction of sp³-hybridized carbons (Fsp3) is 0.467. The lowest BCUT2D eigenvalue weighted by molar-refractivity contribution is -0.135. The minimum atomic E-state index is -0.610. The molecule has 0 N–H and O–H groups in total. The van der Waals surface area contributed by atoms with Crippen LogP contribution in [-0.4, -0.2) is 43.2 Å². The molecule has 1 atom stereocenters. The fourth-order valence-electron chi connectivity index (χ4n) is 2.13. The Kier molecular flexibility index (Phi) is 4.53. The summed E-state index contributed by atoms with van der Waals surface area (Å²) < 4.78 is 5.22. The Hall–Kier alpha value is -1.86. The molecule has 0 aromatic heterocycles. The largest absolute Gasteiger partial charge is 0.378 e. The second-order valence-electron chi connectivity index (χ2n) is 4.77. The van der Waals surface area contributed by atoms with Crippen LogP contribution in [0.3, 0.4) is 0 Å². The predicted octanol–water partition coefficient (Wildman–Crippen LogP) is 1.68. The Morgan fingerprint density at radius 1 is 1.37 bits per heavy atom. The van der Waals surface area contributed by atoms with Crippen molar-refractivity contribution < 1.29 is 9.53 Å². The zero-order valence-corrected chi connectivity index (χ0v) is 11.1. The van der Waals surface area contributed by atoms with E-state index in [1.807, 2.05) is 31.2 Å². The summed E-state index contributed by atoms with van der Waals surface area (Å²) >= 11 is 0. The van der Waals surface area contributed by atoms with Crippen LogP contribution in [-0.2, 0) is 16.0 Å². The molecule has 0 aliphatic carbocycles. The molecule has 1 amide bonds. The molecule has 1 aliphatic rings. The number of nitrogens with zero attached hydrogens (tertiary/aromatic N) is 2. The lowest BCUT2D eigenvalue weighted by Gasteiger charge is -2.26. The van der Waals surface area contributed by atoms with Gasteiger partial charge >= 0.3 is 11.9 Å². The summed E-state index contributed by atoms with van der Waals surface area (Å²) in [4.78, 5) is 17.5. The van der Waals surface area contributed by atoms with Gasteiger partial charge in [0.25, 0.3) is 0 Å². The van der Waals surface area contributed by atoms with Gasteiger partial charge in [-0.3, -0.25) is 4.79 Å². The van der Waals surface area contributed by atoms with Crippen molar-refractivity contribution in [2.45, 2.75) is 19.4 Å². The van der Waals surface area contributed by atoms with Gasteiger partial charge in [-0.2, -0.15) is 0 Å². The number of carbonyl (C=O) groups excluding carboxylic acids is 1. The number of aryl methyl sites for hydroxylation is 1. The van der Waals surface area contributed by atoms with E-state index in [0.717, 1.165) is 5.56 Å². The highest BCUT2D eigenvalue weighted by Gasteiger charge is 2.30. The van der Waals surface area contributed by atoms with Crippen LogP contribution in [0.15, 0.2) is 24.3 Å². The Balaban J connectivity index is 2.01. The highest BCUT2D eigenvalue weighted by molar-refractivity contribution is 5.84. The van der Waals surface area contributed by atoms with Crippen LogP contribution in [0.2, 0.25) is 0 Å². The zero-order chi connectivity index (χ0) is 13.7. The molecule has 0 saturated carbocycles. The first-order chi connectivity index (χ1) is 9.20. The number of rotatable bonds is 3. The highest BCUT2D eigenvalue weighted by Crippen LogP contribution is 2.11. The first kappa shape index (κ1) is 13.6. The van der Waals surface area contributed by atoms with Crippen molar-refractivity contribution in [2.75, 3.05) is 26.3 Å². The molecule has 2 rings (SSSR count). The molecule has 1 saturated heterocycles. The molecule has 19 heavy (non-hydrogen) atoms. The van der Waals surface area contributed by atoms with Crippen molar-refractivity contribution in [3.8, 4) is 0 Å². The minimum Gasteiger partial charge on any atom is -0.378 e. The van der Waals surface area contributed by atoms with Crippen LogP contribution in [0, 0.1) is 13.5 Å². The van der Waals surface area contributed by atoms with Gasteiger partial charge in [0.05, 0.1) is 19.6 Å². The molecule has 0 radical (unpaired) electrons. The number of benzene rings is 1. The quantitative estimate of drug-likeness (QED) is 0.773. The van der Waals surface area contributed by atoms with Crippen molar-refractivity contribution in [3.63, 3.8) is 0 Å². The van der Waals surface area contributed by atoms with E-state index in [4.69, 9.17) is 11.3 Å². The molecule has 0 bridgehead atoms. The van der Waals surface area contributed by atoms with Gasteiger partial charge in [0, 0.05) is 13.1 Å². The van der Waals surface area contributed by atoms with Gasteiger partial charge in [0.2, 0.25) is 0 Å². The van der Waals surface area contributed by atoms with Gasteiger partial charge in [0.1, 0.15) is 0 Å². The molecule has 100 valence electrons. The maximum absolute atomic E-state index is 12.3. The molecule has 1 aromatic carbocycles. The maximum atomic E-state index is 12.3. The number of ether oxygens (including phenoxy) is 1. The van der Waals surface area contributed by atoms with E-state index in [1.54, 1.807) is 4.90 Å². The molecular weight excluding hydrogens is 240 g/mol. The second kappa shape index (κ2) is 6.35. The second-order valence-corrected chi connectivity index (χ2v) is 4.77. The average Bonchev–Trinajstić information content (AvgIpc) is 2.47. The molecule has 4 nitrogen and oxygen atoms in total. The molecule has 4 heteroatoms. The Bertz CT molecular complexity index is 470. The molecular formula is C15H18N2O2. The van der Waals surface area contributed by atoms with Crippen molar-refractivity contribution in [3.05, 3.63) is 46.8 Å². The van der Waals surface area contributed by atoms with Crippen LogP contribution in [0.4, 0.5) is 0 Å². The third-order valence-corrected chi connectivity index (χ3v) is 3.31. The van der Waals surface area contributed by atoms with Crippen molar-refractivity contribution in [2.24, 2.45) is 0 Å². The lowest BCUT2D eigenvalue weighted by Crippen LogP contribution is -2.45. The molecule has 1 aromatic rings. The molecule has 0 spiro atoms. The van der Waals surface area contributed by atoms with E-state index in [-0.39, 0.29) is 5.91 Å². The van der Waals surface area contributed by atoms with Crippen molar-refractivity contribution >= 4 is 5.91 Å². The van der Waals surface area contributed by atoms with E-state index in [1.165, 1.54) is 5.56 Å². The average molecular weight is 258 g/mol. The summed E-state index contributed by atoms with van der Waals surface area (Å²) in [6, 6.07) is 7.38. The first-order valence-corrected chi connectivity index (χ1v) is 6.49. The third-order valence-electron chi connectivity index (χ3n) is 3.31. The fourth-order valence-corrected chi connectivity index (χ4v) is 2.13. The summed E-state index contributed by atoms with van der Waals surface area (Å²) in [5.74, 6) is -0.0705. The van der Waals surface area contributed by atoms with Gasteiger partial charge in [-0.25, -0.2) is 6.57 Å². The van der Waals surface area contributed by atoms with Crippen LogP contribution >= 0.6 is 0 Å². The van der Waals surface area contributed by atoms with Crippen LogP contribution in [0.1, 0.15) is 11.1 Å². The van der Waals surface area contributed by atoms with Gasteiger partial charge in [-0.15, -0.1) is 0 Å².